The van der Waals surface area contributed by atoms with Crippen molar-refractivity contribution in [2.45, 2.75) is 33.7 Å². The Morgan fingerprint density at radius 2 is 1.36 bits per heavy atom. The molecule has 0 bridgehead atoms. The first-order valence-corrected chi connectivity index (χ1v) is 8.19. The number of phenols is 1. The molecule has 3 N–H and O–H groups in total. The minimum Gasteiger partial charge on any atom is -0.508 e. The fourth-order valence-corrected chi connectivity index (χ4v) is 1.98. The lowest BCUT2D eigenvalue weighted by molar-refractivity contribution is -0.119. The number of rotatable bonds is 5. The molecule has 2 aromatic carbocycles. The average molecular weight is 342 g/mol. The Kier molecular flexibility index (Phi) is 8.79. The van der Waals surface area contributed by atoms with E-state index in [0.717, 1.165) is 17.5 Å². The fraction of sp³-hybridized carbons (Fsp3) is 0.300. The second-order valence-electron chi connectivity index (χ2n) is 5.79. The zero-order chi connectivity index (χ0) is 18.7. The van der Waals surface area contributed by atoms with Gasteiger partial charge in [0, 0.05) is 26.9 Å². The molecule has 0 aromatic heterocycles. The molecule has 25 heavy (non-hydrogen) atoms. The van der Waals surface area contributed by atoms with Crippen molar-refractivity contribution in [3.05, 3.63) is 65.2 Å². The van der Waals surface area contributed by atoms with Gasteiger partial charge in [0.25, 0.3) is 0 Å². The number of hydrogen-bond acceptors (Lipinski definition) is 3. The molecule has 0 radical (unpaired) electrons. The molecule has 0 saturated heterocycles. The van der Waals surface area contributed by atoms with Crippen molar-refractivity contribution in [1.82, 2.24) is 10.6 Å². The van der Waals surface area contributed by atoms with Gasteiger partial charge in [-0.05, 0) is 36.6 Å². The largest absolute Gasteiger partial charge is 0.508 e. The molecule has 5 nitrogen and oxygen atoms in total. The van der Waals surface area contributed by atoms with Gasteiger partial charge in [-0.2, -0.15) is 0 Å². The molecule has 0 unspecified atom stereocenters. The van der Waals surface area contributed by atoms with Crippen LogP contribution in [0.4, 0.5) is 0 Å². The summed E-state index contributed by atoms with van der Waals surface area (Å²) in [5.41, 5.74) is 3.48. The average Bonchev–Trinajstić information content (AvgIpc) is 2.56. The summed E-state index contributed by atoms with van der Waals surface area (Å²) in [7, 11) is 0. The normalized spacial score (nSPS) is 9.56. The number of phenolic OH excluding ortho intramolecular Hbond substituents is 1. The Morgan fingerprint density at radius 1 is 0.840 bits per heavy atom. The Labute approximate surface area is 149 Å². The van der Waals surface area contributed by atoms with Gasteiger partial charge in [0.1, 0.15) is 5.75 Å². The van der Waals surface area contributed by atoms with Crippen LogP contribution < -0.4 is 10.6 Å². The van der Waals surface area contributed by atoms with Crippen LogP contribution >= 0.6 is 0 Å². The number of benzene rings is 2. The zero-order valence-corrected chi connectivity index (χ0v) is 15.0. The predicted octanol–water partition coefficient (Wildman–Crippen LogP) is 2.70. The highest BCUT2D eigenvalue weighted by Crippen LogP contribution is 2.09. The highest BCUT2D eigenvalue weighted by Gasteiger charge is 1.94. The van der Waals surface area contributed by atoms with E-state index in [1.165, 1.54) is 19.4 Å². The van der Waals surface area contributed by atoms with Gasteiger partial charge in [-0.3, -0.25) is 9.59 Å². The van der Waals surface area contributed by atoms with Gasteiger partial charge in [-0.25, -0.2) is 0 Å². The molecule has 0 aliphatic heterocycles. The summed E-state index contributed by atoms with van der Waals surface area (Å²) >= 11 is 0. The van der Waals surface area contributed by atoms with Crippen molar-refractivity contribution < 1.29 is 14.7 Å². The van der Waals surface area contributed by atoms with Gasteiger partial charge < -0.3 is 15.7 Å². The smallest absolute Gasteiger partial charge is 0.217 e. The second kappa shape index (κ2) is 10.9. The third-order valence-electron chi connectivity index (χ3n) is 3.39. The molecule has 2 amide bonds. The third-order valence-corrected chi connectivity index (χ3v) is 3.39. The van der Waals surface area contributed by atoms with Crippen LogP contribution in [0.15, 0.2) is 48.5 Å². The molecule has 2 rings (SSSR count). The molecule has 0 saturated carbocycles. The maximum Gasteiger partial charge on any atom is 0.217 e. The molecule has 5 heteroatoms. The highest BCUT2D eigenvalue weighted by molar-refractivity contribution is 5.73. The molecular weight excluding hydrogens is 316 g/mol. The van der Waals surface area contributed by atoms with Crippen LogP contribution in [0.3, 0.4) is 0 Å². The minimum atomic E-state index is -0.0150. The predicted molar refractivity (Wildman–Crippen MR) is 99.2 cm³/mol. The quantitative estimate of drug-likeness (QED) is 0.782. The molecule has 0 atom stereocenters. The summed E-state index contributed by atoms with van der Waals surface area (Å²) in [5.74, 6) is 0.262. The molecule has 0 heterocycles. The van der Waals surface area contributed by atoms with Crippen LogP contribution in [0.25, 0.3) is 0 Å². The summed E-state index contributed by atoms with van der Waals surface area (Å²) in [6.45, 7) is 6.32. The Morgan fingerprint density at radius 3 is 1.88 bits per heavy atom. The van der Waals surface area contributed by atoms with Gasteiger partial charge in [0.05, 0.1) is 0 Å². The number of carbonyl (C=O) groups excluding carboxylic acids is 2. The summed E-state index contributed by atoms with van der Waals surface area (Å²) in [4.78, 5) is 21.1. The molecule has 0 fully saturated rings. The Balaban J connectivity index is 0.000000251. The van der Waals surface area contributed by atoms with Gasteiger partial charge in [-0.15, -0.1) is 0 Å². The lowest BCUT2D eigenvalue weighted by Gasteiger charge is -2.02. The van der Waals surface area contributed by atoms with E-state index < -0.39 is 0 Å². The molecule has 2 aromatic rings. The van der Waals surface area contributed by atoms with E-state index in [0.29, 0.717) is 13.1 Å². The van der Waals surface area contributed by atoms with Crippen molar-refractivity contribution in [1.29, 1.82) is 0 Å². The monoisotopic (exact) mass is 342 g/mol. The second-order valence-corrected chi connectivity index (χ2v) is 5.79. The SMILES string of the molecule is CC(=O)NCCc1ccc(O)cc1.CC(=O)NCc1ccc(C)cc1. The first kappa shape index (κ1) is 20.2. The van der Waals surface area contributed by atoms with Crippen molar-refractivity contribution in [3.8, 4) is 5.75 Å². The van der Waals surface area contributed by atoms with Crippen LogP contribution in [-0.2, 0) is 22.6 Å². The van der Waals surface area contributed by atoms with Crippen molar-refractivity contribution >= 4 is 11.8 Å². The van der Waals surface area contributed by atoms with Crippen LogP contribution in [0, 0.1) is 6.92 Å². The van der Waals surface area contributed by atoms with Crippen LogP contribution in [-0.4, -0.2) is 23.5 Å². The molecule has 0 spiro atoms. The van der Waals surface area contributed by atoms with E-state index in [9.17, 15) is 9.59 Å². The number of carbonyl (C=O) groups is 2. The van der Waals surface area contributed by atoms with Gasteiger partial charge in [0.2, 0.25) is 11.8 Å². The van der Waals surface area contributed by atoms with E-state index in [4.69, 9.17) is 5.11 Å². The van der Waals surface area contributed by atoms with E-state index >= 15 is 0 Å². The van der Waals surface area contributed by atoms with Crippen LogP contribution in [0.2, 0.25) is 0 Å². The van der Waals surface area contributed by atoms with E-state index in [1.807, 2.05) is 43.3 Å². The van der Waals surface area contributed by atoms with Crippen LogP contribution in [0.5, 0.6) is 5.75 Å². The van der Waals surface area contributed by atoms with Gasteiger partial charge >= 0.3 is 0 Å². The number of hydrogen-bond donors (Lipinski definition) is 3. The number of aryl methyl sites for hydroxylation is 1. The Bertz CT molecular complexity index is 664. The maximum absolute atomic E-state index is 10.6. The standard InChI is InChI=1S/C10H13NO2.C10H13NO/c1-8(12)11-7-6-9-2-4-10(13)5-3-9;1-8-3-5-10(6-4-8)7-11-9(2)12/h2-5,13H,6-7H2,1H3,(H,11,12);3-6H,7H2,1-2H3,(H,11,12). The topological polar surface area (TPSA) is 78.4 Å². The van der Waals surface area contributed by atoms with Crippen LogP contribution in [0.1, 0.15) is 30.5 Å². The zero-order valence-electron chi connectivity index (χ0n) is 15.0. The molecular formula is C20H26N2O3. The molecule has 0 aliphatic carbocycles. The first-order chi connectivity index (χ1) is 11.9. The lowest BCUT2D eigenvalue weighted by atomic mass is 10.1. The third kappa shape index (κ3) is 9.81. The molecule has 0 aliphatic rings. The maximum atomic E-state index is 10.6. The van der Waals surface area contributed by atoms with E-state index in [1.54, 1.807) is 12.1 Å². The van der Waals surface area contributed by atoms with E-state index in [2.05, 4.69) is 10.6 Å². The van der Waals surface area contributed by atoms with Gasteiger partial charge in [-0.1, -0.05) is 42.0 Å². The number of aromatic hydroxyl groups is 1. The number of amides is 2. The summed E-state index contributed by atoms with van der Waals surface area (Å²) in [6.07, 6.45) is 0.792. The first-order valence-electron chi connectivity index (χ1n) is 8.19. The fourth-order valence-electron chi connectivity index (χ4n) is 1.98. The van der Waals surface area contributed by atoms with Crippen molar-refractivity contribution in [2.75, 3.05) is 6.54 Å². The number of nitrogens with one attached hydrogen (secondary N) is 2. The summed E-state index contributed by atoms with van der Waals surface area (Å²) in [5, 5.41) is 14.5. The summed E-state index contributed by atoms with van der Waals surface area (Å²) in [6, 6.07) is 15.1. The van der Waals surface area contributed by atoms with Crippen molar-refractivity contribution in [3.63, 3.8) is 0 Å². The van der Waals surface area contributed by atoms with Crippen molar-refractivity contribution in [2.24, 2.45) is 0 Å². The van der Waals surface area contributed by atoms with E-state index in [-0.39, 0.29) is 17.6 Å². The summed E-state index contributed by atoms with van der Waals surface area (Å²) < 4.78 is 0. The highest BCUT2D eigenvalue weighted by atomic mass is 16.3. The molecule has 134 valence electrons. The lowest BCUT2D eigenvalue weighted by Crippen LogP contribution is -2.22. The minimum absolute atomic E-state index is 0.00979. The van der Waals surface area contributed by atoms with Gasteiger partial charge in [0.15, 0.2) is 0 Å². The Hall–Kier alpha value is -2.82.